The predicted octanol–water partition coefficient (Wildman–Crippen LogP) is 16.2. The predicted molar refractivity (Wildman–Crippen MR) is 291 cm³/mol. The Balaban J connectivity index is 1.29. The molecule has 0 aliphatic carbocycles. The first-order chi connectivity index (χ1) is 32.3. The number of hydrogen-bond acceptors (Lipinski definition) is 4. The first-order valence-electron chi connectivity index (χ1n) is 24.6. The van der Waals surface area contributed by atoms with Gasteiger partial charge in [-0.2, -0.15) is 0 Å². The first-order valence-corrected chi connectivity index (χ1v) is 24.6. The molecule has 4 nitrogen and oxygen atoms in total. The molecule has 2 aliphatic heterocycles. The lowest BCUT2D eigenvalue weighted by Gasteiger charge is -2.44. The van der Waals surface area contributed by atoms with Crippen LogP contribution in [0.2, 0.25) is 0 Å². The van der Waals surface area contributed by atoms with E-state index < -0.39 is 0 Å². The van der Waals surface area contributed by atoms with Gasteiger partial charge in [0.05, 0.1) is 22.7 Å². The van der Waals surface area contributed by atoms with Crippen molar-refractivity contribution in [2.24, 2.45) is 0 Å². The lowest BCUT2D eigenvalue weighted by molar-refractivity contribution is 0.589. The zero-order chi connectivity index (χ0) is 47.8. The smallest absolute Gasteiger partial charge is 0.297 e. The van der Waals surface area contributed by atoms with Crippen LogP contribution in [-0.2, 0) is 16.2 Å². The maximum absolute atomic E-state index is 7.41. The molecule has 0 unspecified atom stereocenters. The second-order valence-corrected chi connectivity index (χ2v) is 23.0. The maximum atomic E-state index is 7.41. The van der Waals surface area contributed by atoms with Crippen molar-refractivity contribution in [3.05, 3.63) is 173 Å². The molecule has 0 N–H and O–H groups in total. The van der Waals surface area contributed by atoms with Gasteiger partial charge in [0, 0.05) is 39.0 Å². The average Bonchev–Trinajstić information content (AvgIpc) is 3.90. The summed E-state index contributed by atoms with van der Waals surface area (Å²) in [6.45, 7) is 29.8. The first kappa shape index (κ1) is 43.8. The number of nitrogens with zero attached hydrogens (tertiary/aromatic N) is 2. The van der Waals surface area contributed by atoms with E-state index >= 15 is 0 Å². The van der Waals surface area contributed by atoms with E-state index in [9.17, 15) is 0 Å². The monoisotopic (exact) mass is 890 g/mol. The zero-order valence-corrected chi connectivity index (χ0v) is 42.1. The van der Waals surface area contributed by atoms with E-state index in [2.05, 4.69) is 233 Å². The fourth-order valence-electron chi connectivity index (χ4n) is 10.9. The minimum atomic E-state index is -0.197. The van der Waals surface area contributed by atoms with Crippen molar-refractivity contribution >= 4 is 79.4 Å². The highest BCUT2D eigenvalue weighted by atomic mass is 16.3. The number of anilines is 6. The van der Waals surface area contributed by atoms with Gasteiger partial charge in [-0.15, -0.1) is 0 Å². The summed E-state index contributed by atoms with van der Waals surface area (Å²) < 4.78 is 14.1. The Morgan fingerprint density at radius 2 is 1.12 bits per heavy atom. The molecule has 0 saturated heterocycles. The highest BCUT2D eigenvalue weighted by Gasteiger charge is 2.48. The average molecular weight is 891 g/mol. The summed E-state index contributed by atoms with van der Waals surface area (Å²) in [5.41, 5.74) is 23.1. The van der Waals surface area contributed by atoms with Crippen molar-refractivity contribution in [1.29, 1.82) is 0 Å². The van der Waals surface area contributed by atoms with Crippen LogP contribution in [0, 0.1) is 13.8 Å². The van der Waals surface area contributed by atoms with Crippen LogP contribution in [-0.4, -0.2) is 6.71 Å². The van der Waals surface area contributed by atoms with Gasteiger partial charge in [0.15, 0.2) is 0 Å². The Kier molecular flexibility index (Phi) is 9.93. The van der Waals surface area contributed by atoms with Crippen LogP contribution in [0.3, 0.4) is 0 Å². The Bertz CT molecular complexity index is 3420. The minimum Gasteiger partial charge on any atom is -0.468 e. The molecule has 5 heteroatoms. The third-order valence-corrected chi connectivity index (χ3v) is 14.7. The largest absolute Gasteiger partial charge is 0.468 e. The van der Waals surface area contributed by atoms with E-state index in [0.717, 1.165) is 56.0 Å². The highest BCUT2D eigenvalue weighted by molar-refractivity contribution is 7.00. The molecule has 68 heavy (non-hydrogen) atoms. The van der Waals surface area contributed by atoms with E-state index in [1.54, 1.807) is 0 Å². The third-order valence-electron chi connectivity index (χ3n) is 14.7. The Labute approximate surface area is 403 Å². The van der Waals surface area contributed by atoms with Gasteiger partial charge in [0.1, 0.15) is 16.9 Å². The molecule has 0 fully saturated rings. The summed E-state index contributed by atoms with van der Waals surface area (Å²) in [6.07, 6.45) is 0. The highest BCUT2D eigenvalue weighted by Crippen LogP contribution is 2.52. The lowest BCUT2D eigenvalue weighted by Crippen LogP contribution is -2.61. The molecular weight excluding hydrogens is 828 g/mol. The van der Waals surface area contributed by atoms with E-state index in [-0.39, 0.29) is 28.9 Å². The second kappa shape index (κ2) is 15.4. The van der Waals surface area contributed by atoms with Crippen molar-refractivity contribution in [3.63, 3.8) is 0 Å². The SMILES string of the molecule is Cc1cc(C(C)(C)C)cc(C)c1N1c2cc(C(C)C)cc3c2B(c2ccc(-c4cc5ccccc5o4)cc2N3c2ccc(C(C)(C)C)cc2-c2ccccc2)c2oc3ccc(C(C)(C)C)cc3c21. The van der Waals surface area contributed by atoms with E-state index in [1.807, 2.05) is 6.07 Å². The summed E-state index contributed by atoms with van der Waals surface area (Å²) >= 11 is 0. The molecule has 340 valence electrons. The second-order valence-electron chi connectivity index (χ2n) is 23.0. The molecule has 0 saturated carbocycles. The van der Waals surface area contributed by atoms with Crippen LogP contribution in [0.25, 0.3) is 44.4 Å². The van der Waals surface area contributed by atoms with Crippen LogP contribution >= 0.6 is 0 Å². The van der Waals surface area contributed by atoms with Crippen LogP contribution < -0.4 is 26.4 Å². The molecule has 7 aromatic carbocycles. The fourth-order valence-corrected chi connectivity index (χ4v) is 10.9. The van der Waals surface area contributed by atoms with Gasteiger partial charge >= 0.3 is 0 Å². The van der Waals surface area contributed by atoms with Gasteiger partial charge in [0.25, 0.3) is 6.71 Å². The van der Waals surface area contributed by atoms with Gasteiger partial charge in [-0.25, -0.2) is 0 Å². The molecule has 0 radical (unpaired) electrons. The summed E-state index contributed by atoms with van der Waals surface area (Å²) in [7, 11) is 0. The van der Waals surface area contributed by atoms with Crippen LogP contribution in [0.15, 0.2) is 148 Å². The van der Waals surface area contributed by atoms with Crippen LogP contribution in [0.1, 0.15) is 115 Å². The summed E-state index contributed by atoms with van der Waals surface area (Å²) in [6, 6.07) is 52.2. The molecule has 0 spiro atoms. The maximum Gasteiger partial charge on any atom is 0.297 e. The number of benzene rings is 7. The summed E-state index contributed by atoms with van der Waals surface area (Å²) in [5.74, 6) is 1.10. The fraction of sp³-hybridized carbons (Fsp3) is 0.270. The minimum absolute atomic E-state index is 0.00267. The number of hydrogen-bond donors (Lipinski definition) is 0. The molecule has 2 aromatic heterocycles. The molecular formula is C63H63BN2O2. The number of para-hydroxylation sites is 1. The van der Waals surface area contributed by atoms with Gasteiger partial charge in [-0.1, -0.05) is 161 Å². The molecule has 11 rings (SSSR count). The number of furan rings is 2. The van der Waals surface area contributed by atoms with Crippen molar-refractivity contribution < 1.29 is 8.83 Å². The Morgan fingerprint density at radius 3 is 1.78 bits per heavy atom. The van der Waals surface area contributed by atoms with Gasteiger partial charge < -0.3 is 18.6 Å². The van der Waals surface area contributed by atoms with Gasteiger partial charge in [-0.3, -0.25) is 0 Å². The van der Waals surface area contributed by atoms with Crippen LogP contribution in [0.4, 0.5) is 34.1 Å². The standard InChI is InChI=1S/C63H63BN2O2/c1-37(2)43-32-52-57-53(33-43)66(58-38(3)29-46(30-39(58)4)63(11,12)13)59-48-36-45(62(8,9)10)25-28-55(48)68-60(59)64(57)49-26-23-42(56-34-41-21-17-18-22-54(41)67-56)31-51(49)65(52)50-27-24-44(61(5,6)7)35-47(50)40-19-15-14-16-20-40/h14-37H,1-13H3. The molecule has 0 atom stereocenters. The third kappa shape index (κ3) is 7.03. The molecule has 0 amide bonds. The molecule has 9 aromatic rings. The molecule has 4 heterocycles. The van der Waals surface area contributed by atoms with Crippen LogP contribution in [0.5, 0.6) is 0 Å². The normalized spacial score (nSPS) is 13.7. The lowest BCUT2D eigenvalue weighted by atomic mass is 9.35. The quantitative estimate of drug-likeness (QED) is 0.161. The number of fused-ring (bicyclic) bond motifs is 7. The van der Waals surface area contributed by atoms with Crippen molar-refractivity contribution in [1.82, 2.24) is 0 Å². The zero-order valence-electron chi connectivity index (χ0n) is 42.1. The van der Waals surface area contributed by atoms with E-state index in [1.165, 1.54) is 72.5 Å². The van der Waals surface area contributed by atoms with Crippen molar-refractivity contribution in [2.75, 3.05) is 9.80 Å². The molecule has 0 bridgehead atoms. The van der Waals surface area contributed by atoms with Gasteiger partial charge in [0.2, 0.25) is 0 Å². The van der Waals surface area contributed by atoms with E-state index in [4.69, 9.17) is 8.83 Å². The van der Waals surface area contributed by atoms with Crippen molar-refractivity contribution in [3.8, 4) is 22.5 Å². The van der Waals surface area contributed by atoms with Crippen molar-refractivity contribution in [2.45, 2.75) is 112 Å². The number of aryl methyl sites for hydroxylation is 2. The Hall–Kier alpha value is -6.72. The van der Waals surface area contributed by atoms with E-state index in [0.29, 0.717) is 0 Å². The topological polar surface area (TPSA) is 32.8 Å². The summed E-state index contributed by atoms with van der Waals surface area (Å²) in [4.78, 5) is 5.17. The number of rotatable bonds is 5. The Morgan fingerprint density at radius 1 is 0.485 bits per heavy atom. The molecule has 2 aliphatic rings. The van der Waals surface area contributed by atoms with Gasteiger partial charge in [-0.05, 0) is 140 Å². The summed E-state index contributed by atoms with van der Waals surface area (Å²) in [5, 5.41) is 2.23.